The number of carbonyl (C=O) groups is 1. The first-order valence-electron chi connectivity index (χ1n) is 7.91. The van der Waals surface area contributed by atoms with Crippen LogP contribution in [0.3, 0.4) is 0 Å². The molecule has 1 amide bonds. The fraction of sp³-hybridized carbons (Fsp3) is 0.105. The molecule has 0 atom stereocenters. The van der Waals surface area contributed by atoms with Gasteiger partial charge in [0.25, 0.3) is 5.91 Å². The Balaban J connectivity index is 1.46. The number of para-hydroxylation sites is 1. The van der Waals surface area contributed by atoms with Crippen LogP contribution in [0.1, 0.15) is 21.6 Å². The van der Waals surface area contributed by atoms with Crippen molar-refractivity contribution in [3.05, 3.63) is 77.6 Å². The lowest BCUT2D eigenvalue weighted by Gasteiger charge is -2.15. The van der Waals surface area contributed by atoms with E-state index in [0.29, 0.717) is 24.4 Å². The molecule has 1 aromatic heterocycles. The third kappa shape index (κ3) is 3.14. The van der Waals surface area contributed by atoms with Gasteiger partial charge in [0.2, 0.25) is 5.95 Å². The van der Waals surface area contributed by atoms with Crippen LogP contribution in [-0.2, 0) is 13.1 Å². The van der Waals surface area contributed by atoms with E-state index >= 15 is 0 Å². The molecular weight excluding hydrogens is 316 g/mol. The summed E-state index contributed by atoms with van der Waals surface area (Å²) in [6, 6.07) is 16.6. The Labute approximate surface area is 144 Å². The molecule has 0 radical (unpaired) electrons. The van der Waals surface area contributed by atoms with Gasteiger partial charge in [0, 0.05) is 23.9 Å². The molecule has 6 heteroatoms. The molecule has 0 unspecified atom stereocenters. The smallest absolute Gasteiger partial charge is 0.254 e. The minimum atomic E-state index is -0.0529. The second-order valence-electron chi connectivity index (χ2n) is 5.80. The number of nitrogens with zero attached hydrogens (tertiary/aromatic N) is 3. The molecule has 25 heavy (non-hydrogen) atoms. The van der Waals surface area contributed by atoms with Crippen LogP contribution < -0.4 is 10.5 Å². The van der Waals surface area contributed by atoms with Crippen molar-refractivity contribution in [3.8, 4) is 11.5 Å². The van der Waals surface area contributed by atoms with E-state index in [0.717, 1.165) is 17.0 Å². The largest absolute Gasteiger partial charge is 0.457 e. The van der Waals surface area contributed by atoms with Crippen LogP contribution >= 0.6 is 0 Å². The first kappa shape index (κ1) is 15.1. The molecule has 2 aromatic carbocycles. The van der Waals surface area contributed by atoms with Crippen molar-refractivity contribution in [1.82, 2.24) is 14.9 Å². The van der Waals surface area contributed by atoms with E-state index in [4.69, 9.17) is 10.5 Å². The van der Waals surface area contributed by atoms with E-state index in [1.54, 1.807) is 35.4 Å². The maximum atomic E-state index is 12.7. The highest BCUT2D eigenvalue weighted by molar-refractivity contribution is 5.94. The van der Waals surface area contributed by atoms with Gasteiger partial charge in [0.1, 0.15) is 11.5 Å². The van der Waals surface area contributed by atoms with Crippen molar-refractivity contribution in [1.29, 1.82) is 0 Å². The van der Waals surface area contributed by atoms with Crippen molar-refractivity contribution in [3.63, 3.8) is 0 Å². The van der Waals surface area contributed by atoms with Crippen molar-refractivity contribution in [2.45, 2.75) is 13.1 Å². The maximum Gasteiger partial charge on any atom is 0.254 e. The van der Waals surface area contributed by atoms with E-state index in [9.17, 15) is 4.79 Å². The van der Waals surface area contributed by atoms with Crippen molar-refractivity contribution in [2.75, 3.05) is 5.73 Å². The van der Waals surface area contributed by atoms with Crippen LogP contribution in [0.25, 0.3) is 0 Å². The zero-order chi connectivity index (χ0) is 17.2. The maximum absolute atomic E-state index is 12.7. The lowest BCUT2D eigenvalue weighted by molar-refractivity contribution is 0.0750. The molecule has 0 spiro atoms. The summed E-state index contributed by atoms with van der Waals surface area (Å²) in [5.41, 5.74) is 7.96. The average Bonchev–Trinajstić information content (AvgIpc) is 3.06. The quantitative estimate of drug-likeness (QED) is 0.797. The Hall–Kier alpha value is -3.41. The highest BCUT2D eigenvalue weighted by atomic mass is 16.5. The fourth-order valence-electron chi connectivity index (χ4n) is 2.79. The van der Waals surface area contributed by atoms with Crippen molar-refractivity contribution >= 4 is 11.9 Å². The van der Waals surface area contributed by atoms with Crippen LogP contribution in [0, 0.1) is 0 Å². The number of hydrogen-bond donors (Lipinski definition) is 1. The first-order chi connectivity index (χ1) is 12.2. The number of amides is 1. The zero-order valence-electron chi connectivity index (χ0n) is 13.4. The predicted molar refractivity (Wildman–Crippen MR) is 93.0 cm³/mol. The minimum absolute atomic E-state index is 0.0529. The van der Waals surface area contributed by atoms with Crippen LogP contribution in [0.5, 0.6) is 11.5 Å². The van der Waals surface area contributed by atoms with E-state index in [1.165, 1.54) is 0 Å². The molecule has 0 saturated heterocycles. The van der Waals surface area contributed by atoms with Crippen molar-refractivity contribution in [2.24, 2.45) is 0 Å². The molecule has 124 valence electrons. The second-order valence-corrected chi connectivity index (χ2v) is 5.80. The van der Waals surface area contributed by atoms with Crippen LogP contribution in [-0.4, -0.2) is 20.8 Å². The van der Waals surface area contributed by atoms with Gasteiger partial charge in [-0.25, -0.2) is 9.97 Å². The van der Waals surface area contributed by atoms with Gasteiger partial charge in [-0.3, -0.25) is 4.79 Å². The number of carbonyl (C=O) groups excluding carboxylic acids is 1. The van der Waals surface area contributed by atoms with E-state index in [2.05, 4.69) is 9.97 Å². The van der Waals surface area contributed by atoms with Crippen LogP contribution in [0.4, 0.5) is 5.95 Å². The highest BCUT2D eigenvalue weighted by Crippen LogP contribution is 2.25. The number of nitrogen functional groups attached to an aromatic ring is 1. The highest BCUT2D eigenvalue weighted by Gasteiger charge is 2.25. The minimum Gasteiger partial charge on any atom is -0.457 e. The van der Waals surface area contributed by atoms with Gasteiger partial charge in [0.05, 0.1) is 12.2 Å². The number of benzene rings is 2. The Bertz CT molecular complexity index is 910. The summed E-state index contributed by atoms with van der Waals surface area (Å²) in [6.07, 6.45) is 1.68. The summed E-state index contributed by atoms with van der Waals surface area (Å²) in [4.78, 5) is 22.6. The number of aromatic nitrogens is 2. The van der Waals surface area contributed by atoms with Gasteiger partial charge < -0.3 is 15.4 Å². The summed E-state index contributed by atoms with van der Waals surface area (Å²) in [5.74, 6) is 1.62. The molecule has 2 heterocycles. The monoisotopic (exact) mass is 332 g/mol. The van der Waals surface area contributed by atoms with Gasteiger partial charge in [0.15, 0.2) is 0 Å². The summed E-state index contributed by atoms with van der Waals surface area (Å²) in [6.45, 7) is 0.944. The Morgan fingerprint density at radius 1 is 1.00 bits per heavy atom. The molecule has 6 nitrogen and oxygen atoms in total. The zero-order valence-corrected chi connectivity index (χ0v) is 13.4. The summed E-state index contributed by atoms with van der Waals surface area (Å²) >= 11 is 0. The number of ether oxygens (including phenoxy) is 1. The summed E-state index contributed by atoms with van der Waals surface area (Å²) < 4.78 is 5.75. The Morgan fingerprint density at radius 2 is 1.72 bits per heavy atom. The van der Waals surface area contributed by atoms with Gasteiger partial charge in [-0.1, -0.05) is 18.2 Å². The molecule has 4 rings (SSSR count). The second kappa shape index (κ2) is 6.24. The van der Waals surface area contributed by atoms with Gasteiger partial charge >= 0.3 is 0 Å². The number of nitrogens with two attached hydrogens (primary N) is 1. The number of anilines is 1. The SMILES string of the molecule is Nc1ncc2c(n1)CN(C(=O)c1ccc(Oc3ccccc3)cc1)C2. The lowest BCUT2D eigenvalue weighted by atomic mass is 10.2. The van der Waals surface area contributed by atoms with E-state index < -0.39 is 0 Å². The third-order valence-electron chi connectivity index (χ3n) is 4.04. The van der Waals surface area contributed by atoms with Crippen LogP contribution in [0.15, 0.2) is 60.8 Å². The molecular formula is C19H16N4O2. The molecule has 0 bridgehead atoms. The van der Waals surface area contributed by atoms with Gasteiger partial charge in [-0.15, -0.1) is 0 Å². The number of rotatable bonds is 3. The Morgan fingerprint density at radius 3 is 2.48 bits per heavy atom. The number of fused-ring (bicyclic) bond motifs is 1. The standard InChI is InChI=1S/C19H16N4O2/c20-19-21-10-14-11-23(12-17(14)22-19)18(24)13-6-8-16(9-7-13)25-15-4-2-1-3-5-15/h1-10H,11-12H2,(H2,20,21,22). The Kier molecular flexibility index (Phi) is 3.78. The molecule has 2 N–H and O–H groups in total. The van der Waals surface area contributed by atoms with E-state index in [-0.39, 0.29) is 11.9 Å². The first-order valence-corrected chi connectivity index (χ1v) is 7.91. The molecule has 1 aliphatic heterocycles. The third-order valence-corrected chi connectivity index (χ3v) is 4.04. The van der Waals surface area contributed by atoms with Gasteiger partial charge in [-0.2, -0.15) is 0 Å². The molecule has 0 fully saturated rings. The summed E-state index contributed by atoms with van der Waals surface area (Å²) in [5, 5.41) is 0. The molecule has 1 aliphatic rings. The van der Waals surface area contributed by atoms with Crippen molar-refractivity contribution < 1.29 is 9.53 Å². The summed E-state index contributed by atoms with van der Waals surface area (Å²) in [7, 11) is 0. The van der Waals surface area contributed by atoms with Crippen LogP contribution in [0.2, 0.25) is 0 Å². The predicted octanol–water partition coefficient (Wildman–Crippen LogP) is 3.01. The normalized spacial score (nSPS) is 12.7. The molecule has 0 aliphatic carbocycles. The topological polar surface area (TPSA) is 81.3 Å². The number of hydrogen-bond acceptors (Lipinski definition) is 5. The average molecular weight is 332 g/mol. The van der Waals surface area contributed by atoms with Gasteiger partial charge in [-0.05, 0) is 36.4 Å². The lowest BCUT2D eigenvalue weighted by Crippen LogP contribution is -2.25. The molecule has 0 saturated carbocycles. The molecule has 3 aromatic rings. The fourth-order valence-corrected chi connectivity index (χ4v) is 2.79. The van der Waals surface area contributed by atoms with E-state index in [1.807, 2.05) is 30.3 Å².